The average Bonchev–Trinajstić information content (AvgIpc) is 3.40. The van der Waals surface area contributed by atoms with E-state index in [4.69, 9.17) is 14.5 Å². The molecule has 212 valence electrons. The predicted octanol–water partition coefficient (Wildman–Crippen LogP) is 6.02. The second kappa shape index (κ2) is 10.9. The van der Waals surface area contributed by atoms with Gasteiger partial charge in [-0.05, 0) is 42.6 Å². The van der Waals surface area contributed by atoms with Crippen molar-refractivity contribution in [1.82, 2.24) is 4.90 Å². The number of aliphatic imine (C=N–C) groups is 1. The number of halogens is 3. The van der Waals surface area contributed by atoms with Crippen LogP contribution in [-0.2, 0) is 11.0 Å². The molecule has 2 atom stereocenters. The van der Waals surface area contributed by atoms with E-state index in [0.29, 0.717) is 36.8 Å². The standard InChI is InChI=1S/C28H29F3N4O4S/c1-17-14-33(9-10-34(17)19-5-4-6-20(12-19)38-2)27-32-22-16-40-15-21(22)23(13-26(36)37)35(27)24-11-18(28(29,30)31)7-8-25(24)39-3/h4-8,11-12,15-17,23H,9-10,13-14H2,1-3H3,(H,36,37)/t17-,23+/m1/s1. The smallest absolute Gasteiger partial charge is 0.416 e. The summed E-state index contributed by atoms with van der Waals surface area (Å²) in [5, 5.41) is 13.5. The van der Waals surface area contributed by atoms with Gasteiger partial charge in [-0.2, -0.15) is 13.2 Å². The molecule has 0 radical (unpaired) electrons. The second-order valence-electron chi connectivity index (χ2n) is 9.68. The molecule has 0 spiro atoms. The Bertz CT molecular complexity index is 1430. The number of ether oxygens (including phenoxy) is 2. The van der Waals surface area contributed by atoms with Crippen LogP contribution in [-0.4, -0.2) is 61.8 Å². The lowest BCUT2D eigenvalue weighted by Crippen LogP contribution is -2.58. The molecule has 8 nitrogen and oxygen atoms in total. The number of carboxylic acids is 1. The zero-order valence-electron chi connectivity index (χ0n) is 22.2. The summed E-state index contributed by atoms with van der Waals surface area (Å²) in [7, 11) is 2.99. The quantitative estimate of drug-likeness (QED) is 0.386. The molecule has 2 aromatic carbocycles. The Labute approximate surface area is 233 Å². The number of methoxy groups -OCH3 is 2. The van der Waals surface area contributed by atoms with Gasteiger partial charge in [-0.3, -0.25) is 4.79 Å². The first-order valence-corrected chi connectivity index (χ1v) is 13.6. The van der Waals surface area contributed by atoms with Crippen LogP contribution in [0.2, 0.25) is 0 Å². The van der Waals surface area contributed by atoms with Crippen molar-refractivity contribution in [2.45, 2.75) is 31.6 Å². The summed E-state index contributed by atoms with van der Waals surface area (Å²) in [4.78, 5) is 22.8. The normalized spacial score (nSPS) is 19.2. The molecule has 5 rings (SSSR count). The number of alkyl halides is 3. The van der Waals surface area contributed by atoms with Crippen LogP contribution in [0.15, 0.2) is 58.2 Å². The van der Waals surface area contributed by atoms with Crippen molar-refractivity contribution in [2.75, 3.05) is 43.7 Å². The fraction of sp³-hybridized carbons (Fsp3) is 0.357. The molecule has 40 heavy (non-hydrogen) atoms. The van der Waals surface area contributed by atoms with Crippen molar-refractivity contribution in [3.8, 4) is 11.5 Å². The minimum atomic E-state index is -4.60. The maximum Gasteiger partial charge on any atom is 0.416 e. The van der Waals surface area contributed by atoms with Crippen LogP contribution in [0, 0.1) is 0 Å². The number of nitrogens with zero attached hydrogens (tertiary/aromatic N) is 4. The molecule has 12 heteroatoms. The number of fused-ring (bicyclic) bond motifs is 1. The van der Waals surface area contributed by atoms with Gasteiger partial charge in [-0.1, -0.05) is 6.07 Å². The van der Waals surface area contributed by atoms with E-state index in [-0.39, 0.29) is 23.9 Å². The van der Waals surface area contributed by atoms with E-state index in [0.717, 1.165) is 23.6 Å². The third-order valence-corrected chi connectivity index (χ3v) is 7.96. The van der Waals surface area contributed by atoms with Crippen LogP contribution in [0.5, 0.6) is 11.5 Å². The molecule has 1 saturated heterocycles. The molecule has 3 heterocycles. The fourth-order valence-electron chi connectivity index (χ4n) is 5.31. The number of thiophene rings is 1. The lowest BCUT2D eigenvalue weighted by Gasteiger charge is -2.47. The van der Waals surface area contributed by atoms with Crippen LogP contribution in [0.4, 0.5) is 30.2 Å². The Balaban J connectivity index is 1.58. The van der Waals surface area contributed by atoms with E-state index in [9.17, 15) is 23.1 Å². The van der Waals surface area contributed by atoms with Crippen molar-refractivity contribution >= 4 is 40.3 Å². The van der Waals surface area contributed by atoms with Gasteiger partial charge in [0.25, 0.3) is 0 Å². The highest BCUT2D eigenvalue weighted by Crippen LogP contribution is 2.46. The van der Waals surface area contributed by atoms with Gasteiger partial charge in [0.1, 0.15) is 11.5 Å². The zero-order chi connectivity index (χ0) is 28.6. The second-order valence-corrected chi connectivity index (χ2v) is 10.4. The van der Waals surface area contributed by atoms with Crippen LogP contribution < -0.4 is 19.3 Å². The van der Waals surface area contributed by atoms with E-state index in [1.165, 1.54) is 24.5 Å². The highest BCUT2D eigenvalue weighted by atomic mass is 32.1. The molecule has 0 unspecified atom stereocenters. The Hall–Kier alpha value is -3.93. The minimum Gasteiger partial charge on any atom is -0.497 e. The van der Waals surface area contributed by atoms with Gasteiger partial charge < -0.3 is 29.3 Å². The Morgan fingerprint density at radius 3 is 2.60 bits per heavy atom. The van der Waals surface area contributed by atoms with Gasteiger partial charge in [-0.15, -0.1) is 11.3 Å². The molecular formula is C28H29F3N4O4S. The van der Waals surface area contributed by atoms with Crippen LogP contribution >= 0.6 is 11.3 Å². The van der Waals surface area contributed by atoms with Crippen molar-refractivity contribution in [3.63, 3.8) is 0 Å². The van der Waals surface area contributed by atoms with E-state index in [2.05, 4.69) is 11.8 Å². The first-order valence-electron chi connectivity index (χ1n) is 12.7. The maximum atomic E-state index is 13.8. The summed E-state index contributed by atoms with van der Waals surface area (Å²) in [6.07, 6.45) is -4.93. The van der Waals surface area contributed by atoms with Crippen molar-refractivity contribution in [3.05, 3.63) is 64.4 Å². The number of hydrogen-bond donors (Lipinski definition) is 1. The third-order valence-electron chi connectivity index (χ3n) is 7.21. The number of guanidine groups is 1. The van der Waals surface area contributed by atoms with E-state index < -0.39 is 23.8 Å². The number of hydrogen-bond acceptors (Lipinski definition) is 8. The van der Waals surface area contributed by atoms with E-state index >= 15 is 0 Å². The molecule has 0 aliphatic carbocycles. The number of anilines is 2. The van der Waals surface area contributed by atoms with E-state index in [1.807, 2.05) is 34.5 Å². The largest absolute Gasteiger partial charge is 0.497 e. The summed E-state index contributed by atoms with van der Waals surface area (Å²) in [5.41, 5.74) is 1.53. The molecule has 2 aliphatic heterocycles. The monoisotopic (exact) mass is 574 g/mol. The van der Waals surface area contributed by atoms with Crippen LogP contribution in [0.25, 0.3) is 0 Å². The van der Waals surface area contributed by atoms with Gasteiger partial charge in [0.15, 0.2) is 0 Å². The number of carbonyl (C=O) groups is 1. The molecular weight excluding hydrogens is 545 g/mol. The molecule has 0 saturated carbocycles. The highest BCUT2D eigenvalue weighted by molar-refractivity contribution is 7.08. The Morgan fingerprint density at radius 1 is 1.12 bits per heavy atom. The number of rotatable bonds is 6. The molecule has 1 aromatic heterocycles. The summed E-state index contributed by atoms with van der Waals surface area (Å²) in [6.45, 7) is 3.69. The van der Waals surface area contributed by atoms with Gasteiger partial charge in [0.05, 0.1) is 43.6 Å². The zero-order valence-corrected chi connectivity index (χ0v) is 23.0. The lowest BCUT2D eigenvalue weighted by molar-refractivity contribution is -0.138. The minimum absolute atomic E-state index is 0.00982. The van der Waals surface area contributed by atoms with Gasteiger partial charge in [-0.25, -0.2) is 4.99 Å². The summed E-state index contributed by atoms with van der Waals surface area (Å²) >= 11 is 1.37. The fourth-order valence-corrected chi connectivity index (χ4v) is 6.12. The molecule has 2 aliphatic rings. The van der Waals surface area contributed by atoms with Crippen LogP contribution in [0.3, 0.4) is 0 Å². The third kappa shape index (κ3) is 5.27. The molecule has 1 N–H and O–H groups in total. The number of piperazine rings is 1. The Morgan fingerprint density at radius 2 is 1.93 bits per heavy atom. The van der Waals surface area contributed by atoms with Gasteiger partial charge >= 0.3 is 12.1 Å². The molecule has 3 aromatic rings. The van der Waals surface area contributed by atoms with Gasteiger partial charge in [0.2, 0.25) is 5.96 Å². The highest BCUT2D eigenvalue weighted by Gasteiger charge is 2.40. The van der Waals surface area contributed by atoms with Crippen molar-refractivity contribution in [1.29, 1.82) is 0 Å². The summed E-state index contributed by atoms with van der Waals surface area (Å²) in [6, 6.07) is 10.2. The molecule has 0 amide bonds. The average molecular weight is 575 g/mol. The number of carboxylic acid groups (broad SMARTS) is 1. The van der Waals surface area contributed by atoms with Crippen LogP contribution in [0.1, 0.15) is 30.5 Å². The first-order chi connectivity index (χ1) is 19.1. The lowest BCUT2D eigenvalue weighted by atomic mass is 10.00. The van der Waals surface area contributed by atoms with Crippen molar-refractivity contribution < 1.29 is 32.5 Å². The molecule has 0 bridgehead atoms. The molecule has 1 fully saturated rings. The Kier molecular flexibility index (Phi) is 7.54. The van der Waals surface area contributed by atoms with Crippen molar-refractivity contribution in [2.24, 2.45) is 4.99 Å². The summed E-state index contributed by atoms with van der Waals surface area (Å²) in [5.74, 6) is 0.258. The SMILES string of the molecule is COc1cccc(N2CCN(C3=Nc4cscc4[C@H](CC(=O)O)N3c3cc(C(F)(F)F)ccc3OC)C[C@H]2C)c1. The maximum absolute atomic E-state index is 13.8. The topological polar surface area (TPSA) is 77.8 Å². The van der Waals surface area contributed by atoms with Gasteiger partial charge in [0, 0.05) is 48.4 Å². The predicted molar refractivity (Wildman–Crippen MR) is 148 cm³/mol. The van der Waals surface area contributed by atoms with E-state index in [1.54, 1.807) is 17.4 Å². The first kappa shape index (κ1) is 27.6. The number of benzene rings is 2. The number of aliphatic carboxylic acids is 1. The summed E-state index contributed by atoms with van der Waals surface area (Å²) < 4.78 is 52.3.